The van der Waals surface area contributed by atoms with Gasteiger partial charge in [0.15, 0.2) is 0 Å². The van der Waals surface area contributed by atoms with Crippen molar-refractivity contribution in [3.63, 3.8) is 0 Å². The standard InChI is InChI=1S/C15H20O5/c1-5-7-10-8-13(19-4)11(9-12(10)18-3)14(16)15(17)20-6-2/h8-9H,5-7H2,1-4H3. The van der Waals surface area contributed by atoms with Gasteiger partial charge in [-0.3, -0.25) is 4.79 Å². The van der Waals surface area contributed by atoms with Crippen molar-refractivity contribution >= 4 is 11.8 Å². The molecule has 0 fully saturated rings. The maximum atomic E-state index is 12.0. The van der Waals surface area contributed by atoms with E-state index in [1.807, 2.05) is 6.92 Å². The molecule has 0 saturated carbocycles. The van der Waals surface area contributed by atoms with Crippen LogP contribution in [0.2, 0.25) is 0 Å². The second-order valence-corrected chi connectivity index (χ2v) is 4.16. The average Bonchev–Trinajstić information content (AvgIpc) is 2.46. The molecule has 0 heterocycles. The number of esters is 1. The third-order valence-electron chi connectivity index (χ3n) is 2.83. The van der Waals surface area contributed by atoms with E-state index in [4.69, 9.17) is 14.2 Å². The molecule has 0 aliphatic rings. The summed E-state index contributed by atoms with van der Waals surface area (Å²) in [7, 11) is 2.99. The molecule has 0 aliphatic carbocycles. The van der Waals surface area contributed by atoms with Crippen LogP contribution in [-0.2, 0) is 16.0 Å². The fraction of sp³-hybridized carbons (Fsp3) is 0.467. The van der Waals surface area contributed by atoms with E-state index in [0.29, 0.717) is 11.5 Å². The second-order valence-electron chi connectivity index (χ2n) is 4.16. The zero-order chi connectivity index (χ0) is 15.1. The number of ether oxygens (including phenoxy) is 3. The molecule has 20 heavy (non-hydrogen) atoms. The monoisotopic (exact) mass is 280 g/mol. The summed E-state index contributed by atoms with van der Waals surface area (Å²) in [5.74, 6) is -0.700. The molecule has 0 atom stereocenters. The van der Waals surface area contributed by atoms with Crippen LogP contribution < -0.4 is 9.47 Å². The Hall–Kier alpha value is -2.04. The molecule has 1 aromatic rings. The van der Waals surface area contributed by atoms with Crippen LogP contribution in [0.5, 0.6) is 11.5 Å². The molecule has 110 valence electrons. The highest BCUT2D eigenvalue weighted by Gasteiger charge is 2.23. The van der Waals surface area contributed by atoms with Crippen molar-refractivity contribution in [1.82, 2.24) is 0 Å². The lowest BCUT2D eigenvalue weighted by molar-refractivity contribution is -0.137. The van der Waals surface area contributed by atoms with E-state index in [-0.39, 0.29) is 12.2 Å². The first-order valence-electron chi connectivity index (χ1n) is 6.55. The number of carbonyl (C=O) groups is 2. The summed E-state index contributed by atoms with van der Waals surface area (Å²) in [4.78, 5) is 23.6. The molecule has 0 aromatic heterocycles. The molecule has 0 N–H and O–H groups in total. The molecule has 1 aromatic carbocycles. The summed E-state index contributed by atoms with van der Waals surface area (Å²) in [5.41, 5.74) is 1.09. The topological polar surface area (TPSA) is 61.8 Å². The van der Waals surface area contributed by atoms with Crippen LogP contribution in [0, 0.1) is 0 Å². The molecule has 0 bridgehead atoms. The number of rotatable bonds is 7. The number of hydrogen-bond acceptors (Lipinski definition) is 5. The van der Waals surface area contributed by atoms with Crippen LogP contribution in [0.3, 0.4) is 0 Å². The van der Waals surface area contributed by atoms with Crippen molar-refractivity contribution in [3.05, 3.63) is 23.3 Å². The number of carbonyl (C=O) groups excluding carboxylic acids is 2. The Kier molecular flexibility index (Phi) is 6.03. The number of aryl methyl sites for hydroxylation is 1. The summed E-state index contributed by atoms with van der Waals surface area (Å²) in [6.45, 7) is 3.84. The van der Waals surface area contributed by atoms with Crippen LogP contribution in [0.15, 0.2) is 12.1 Å². The summed E-state index contributed by atoms with van der Waals surface area (Å²) in [5, 5.41) is 0. The molecule has 1 rings (SSSR count). The number of ketones is 1. The Labute approximate surface area is 118 Å². The Balaban J connectivity index is 3.24. The minimum Gasteiger partial charge on any atom is -0.496 e. The molecule has 0 aliphatic heterocycles. The lowest BCUT2D eigenvalue weighted by Crippen LogP contribution is -2.18. The van der Waals surface area contributed by atoms with Gasteiger partial charge in [-0.1, -0.05) is 13.3 Å². The highest BCUT2D eigenvalue weighted by atomic mass is 16.5. The van der Waals surface area contributed by atoms with Gasteiger partial charge in [-0.05, 0) is 31.0 Å². The fourth-order valence-electron chi connectivity index (χ4n) is 1.91. The lowest BCUT2D eigenvalue weighted by Gasteiger charge is -2.13. The quantitative estimate of drug-likeness (QED) is 0.436. The van der Waals surface area contributed by atoms with Gasteiger partial charge >= 0.3 is 5.97 Å². The summed E-state index contributed by atoms with van der Waals surface area (Å²) in [6.07, 6.45) is 1.73. The van der Waals surface area contributed by atoms with Gasteiger partial charge < -0.3 is 14.2 Å². The van der Waals surface area contributed by atoms with Crippen LogP contribution in [-0.4, -0.2) is 32.6 Å². The van der Waals surface area contributed by atoms with E-state index in [0.717, 1.165) is 18.4 Å². The van der Waals surface area contributed by atoms with E-state index in [9.17, 15) is 9.59 Å². The van der Waals surface area contributed by atoms with Gasteiger partial charge in [0.05, 0.1) is 26.4 Å². The van der Waals surface area contributed by atoms with Crippen molar-refractivity contribution in [2.45, 2.75) is 26.7 Å². The molecule has 0 radical (unpaired) electrons. The van der Waals surface area contributed by atoms with Crippen molar-refractivity contribution < 1.29 is 23.8 Å². The van der Waals surface area contributed by atoms with E-state index in [1.54, 1.807) is 13.0 Å². The number of benzene rings is 1. The number of methoxy groups -OCH3 is 2. The molecular weight excluding hydrogens is 260 g/mol. The minimum atomic E-state index is -0.893. The third kappa shape index (κ3) is 3.50. The van der Waals surface area contributed by atoms with Crippen molar-refractivity contribution in [1.29, 1.82) is 0 Å². The first-order chi connectivity index (χ1) is 9.58. The molecule has 0 amide bonds. The van der Waals surface area contributed by atoms with Gasteiger partial charge in [0, 0.05) is 0 Å². The maximum absolute atomic E-state index is 12.0. The first kappa shape index (κ1) is 16.0. The molecule has 5 nitrogen and oxygen atoms in total. The van der Waals surface area contributed by atoms with Gasteiger partial charge in [-0.2, -0.15) is 0 Å². The second kappa shape index (κ2) is 7.53. The van der Waals surface area contributed by atoms with Crippen molar-refractivity contribution in [2.75, 3.05) is 20.8 Å². The predicted molar refractivity (Wildman–Crippen MR) is 74.5 cm³/mol. The van der Waals surface area contributed by atoms with Crippen molar-refractivity contribution in [2.24, 2.45) is 0 Å². The SMILES string of the molecule is CCCc1cc(OC)c(C(=O)C(=O)OCC)cc1OC. The number of hydrogen-bond donors (Lipinski definition) is 0. The summed E-state index contributed by atoms with van der Waals surface area (Å²) >= 11 is 0. The third-order valence-corrected chi connectivity index (χ3v) is 2.83. The van der Waals surface area contributed by atoms with Gasteiger partial charge in [-0.15, -0.1) is 0 Å². The van der Waals surface area contributed by atoms with E-state index in [1.165, 1.54) is 20.3 Å². The van der Waals surface area contributed by atoms with Gasteiger partial charge in [0.2, 0.25) is 0 Å². The minimum absolute atomic E-state index is 0.151. The van der Waals surface area contributed by atoms with Crippen LogP contribution in [0.1, 0.15) is 36.2 Å². The van der Waals surface area contributed by atoms with Gasteiger partial charge in [0.25, 0.3) is 5.78 Å². The zero-order valence-electron chi connectivity index (χ0n) is 12.3. The molecule has 5 heteroatoms. The highest BCUT2D eigenvalue weighted by molar-refractivity contribution is 6.41. The first-order valence-corrected chi connectivity index (χ1v) is 6.55. The predicted octanol–water partition coefficient (Wildman–Crippen LogP) is 2.40. The van der Waals surface area contributed by atoms with Gasteiger partial charge in [-0.25, -0.2) is 4.79 Å². The lowest BCUT2D eigenvalue weighted by atomic mass is 10.0. The van der Waals surface area contributed by atoms with E-state index >= 15 is 0 Å². The summed E-state index contributed by atoms with van der Waals surface area (Å²) in [6, 6.07) is 3.26. The Bertz CT molecular complexity index is 493. The molecular formula is C15H20O5. The van der Waals surface area contributed by atoms with Crippen LogP contribution in [0.25, 0.3) is 0 Å². The number of Topliss-reactive ketones (excluding diaryl/α,β-unsaturated/α-hetero) is 1. The van der Waals surface area contributed by atoms with E-state index in [2.05, 4.69) is 0 Å². The van der Waals surface area contributed by atoms with E-state index < -0.39 is 11.8 Å². The van der Waals surface area contributed by atoms with Gasteiger partial charge in [0.1, 0.15) is 11.5 Å². The molecule has 0 unspecified atom stereocenters. The Morgan fingerprint density at radius 3 is 2.20 bits per heavy atom. The highest BCUT2D eigenvalue weighted by Crippen LogP contribution is 2.30. The van der Waals surface area contributed by atoms with Crippen LogP contribution >= 0.6 is 0 Å². The smallest absolute Gasteiger partial charge is 0.379 e. The van der Waals surface area contributed by atoms with Crippen molar-refractivity contribution in [3.8, 4) is 11.5 Å². The maximum Gasteiger partial charge on any atom is 0.379 e. The normalized spacial score (nSPS) is 10.0. The Morgan fingerprint density at radius 2 is 1.70 bits per heavy atom. The van der Waals surface area contributed by atoms with Crippen LogP contribution in [0.4, 0.5) is 0 Å². The molecule has 0 saturated heterocycles. The largest absolute Gasteiger partial charge is 0.496 e. The molecule has 0 spiro atoms. The Morgan fingerprint density at radius 1 is 1.05 bits per heavy atom. The zero-order valence-corrected chi connectivity index (χ0v) is 12.3. The fourth-order valence-corrected chi connectivity index (χ4v) is 1.91. The summed E-state index contributed by atoms with van der Waals surface area (Å²) < 4.78 is 15.2. The average molecular weight is 280 g/mol.